The van der Waals surface area contributed by atoms with Crippen LogP contribution in [-0.2, 0) is 4.79 Å². The van der Waals surface area contributed by atoms with Crippen LogP contribution in [0.2, 0.25) is 0 Å². The third-order valence-electron chi connectivity index (χ3n) is 3.50. The van der Waals surface area contributed by atoms with E-state index in [0.717, 1.165) is 12.8 Å². The molecule has 1 heterocycles. The molecule has 0 aliphatic carbocycles. The van der Waals surface area contributed by atoms with Crippen molar-refractivity contribution in [2.24, 2.45) is 11.8 Å². The molecule has 2 N–H and O–H groups in total. The molecule has 1 saturated heterocycles. The van der Waals surface area contributed by atoms with Gasteiger partial charge in [-0.05, 0) is 12.3 Å². The second-order valence-electron chi connectivity index (χ2n) is 5.41. The maximum Gasteiger partial charge on any atom is 0.220 e. The van der Waals surface area contributed by atoms with E-state index < -0.39 is 6.10 Å². The lowest BCUT2D eigenvalue weighted by atomic mass is 9.87. The number of carbonyl (C=O) groups is 1. The Morgan fingerprint density at radius 1 is 1.47 bits per heavy atom. The van der Waals surface area contributed by atoms with Crippen LogP contribution in [0.1, 0.15) is 46.5 Å². The summed E-state index contributed by atoms with van der Waals surface area (Å²) < 4.78 is 0. The van der Waals surface area contributed by atoms with Crippen LogP contribution in [-0.4, -0.2) is 23.2 Å². The van der Waals surface area contributed by atoms with Gasteiger partial charge in [-0.2, -0.15) is 0 Å². The number of hydrogen-bond donors (Lipinski definition) is 2. The minimum Gasteiger partial charge on any atom is -0.389 e. The maximum atomic E-state index is 11.1. The standard InChI is InChI=1S/C16H25NO2/c1-4-5-6-7-14(12(2)3)15(18)10-8-13-9-11-16(19)17-13/h8,10,12-15,18H,4,7,9,11H2,1-3H3,(H,17,19)/b10-8+/t13-,14+,15+/m0/s1. The van der Waals surface area contributed by atoms with Gasteiger partial charge in [0.1, 0.15) is 0 Å². The topological polar surface area (TPSA) is 49.3 Å². The van der Waals surface area contributed by atoms with E-state index in [-0.39, 0.29) is 17.9 Å². The first kappa shape index (κ1) is 15.8. The SMILES string of the molecule is CCC#CC[C@H](C(C)C)[C@H](O)/C=C/[C@H]1CCC(=O)N1. The van der Waals surface area contributed by atoms with Gasteiger partial charge in [-0.3, -0.25) is 4.79 Å². The maximum absolute atomic E-state index is 11.1. The van der Waals surface area contributed by atoms with Gasteiger partial charge >= 0.3 is 0 Å². The fourth-order valence-electron chi connectivity index (χ4n) is 2.24. The Hall–Kier alpha value is -1.27. The number of hydrogen-bond acceptors (Lipinski definition) is 2. The third kappa shape index (κ3) is 5.48. The summed E-state index contributed by atoms with van der Waals surface area (Å²) in [5.74, 6) is 6.79. The summed E-state index contributed by atoms with van der Waals surface area (Å²) in [5, 5.41) is 13.1. The van der Waals surface area contributed by atoms with Crippen molar-refractivity contribution >= 4 is 5.91 Å². The van der Waals surface area contributed by atoms with E-state index in [1.54, 1.807) is 0 Å². The van der Waals surface area contributed by atoms with Crippen LogP contribution in [0.3, 0.4) is 0 Å². The van der Waals surface area contributed by atoms with E-state index in [9.17, 15) is 9.90 Å². The van der Waals surface area contributed by atoms with E-state index in [1.165, 1.54) is 0 Å². The van der Waals surface area contributed by atoms with Gasteiger partial charge < -0.3 is 10.4 Å². The highest BCUT2D eigenvalue weighted by Gasteiger charge is 2.22. The van der Waals surface area contributed by atoms with Crippen molar-refractivity contribution in [2.45, 2.75) is 58.6 Å². The first-order chi connectivity index (χ1) is 9.04. The number of nitrogens with one attached hydrogen (secondary N) is 1. The van der Waals surface area contributed by atoms with Gasteiger partial charge in [-0.15, -0.1) is 11.8 Å². The van der Waals surface area contributed by atoms with Gasteiger partial charge in [0.05, 0.1) is 6.10 Å². The Morgan fingerprint density at radius 2 is 2.21 bits per heavy atom. The molecule has 3 atom stereocenters. The summed E-state index contributed by atoms with van der Waals surface area (Å²) in [7, 11) is 0. The molecule has 3 nitrogen and oxygen atoms in total. The van der Waals surface area contributed by atoms with Gasteiger partial charge in [0.25, 0.3) is 0 Å². The first-order valence-electron chi connectivity index (χ1n) is 7.16. The number of rotatable bonds is 5. The zero-order valence-corrected chi connectivity index (χ0v) is 12.1. The van der Waals surface area contributed by atoms with Crippen molar-refractivity contribution in [1.29, 1.82) is 0 Å². The lowest BCUT2D eigenvalue weighted by molar-refractivity contribution is -0.119. The van der Waals surface area contributed by atoms with Crippen LogP contribution in [0.4, 0.5) is 0 Å². The predicted octanol–water partition coefficient (Wildman–Crippen LogP) is 2.26. The van der Waals surface area contributed by atoms with Gasteiger partial charge in [-0.25, -0.2) is 0 Å². The smallest absolute Gasteiger partial charge is 0.220 e. The minimum absolute atomic E-state index is 0.0803. The molecule has 1 amide bonds. The molecule has 0 bridgehead atoms. The quantitative estimate of drug-likeness (QED) is 0.590. The average molecular weight is 263 g/mol. The summed E-state index contributed by atoms with van der Waals surface area (Å²) in [6, 6.07) is 0.0803. The van der Waals surface area contributed by atoms with Gasteiger partial charge in [0.15, 0.2) is 0 Å². The third-order valence-corrected chi connectivity index (χ3v) is 3.50. The van der Waals surface area contributed by atoms with Gasteiger partial charge in [-0.1, -0.05) is 32.9 Å². The van der Waals surface area contributed by atoms with Crippen molar-refractivity contribution in [2.75, 3.05) is 0 Å². The molecule has 19 heavy (non-hydrogen) atoms. The second kappa shape index (κ2) is 8.01. The molecule has 0 unspecified atom stereocenters. The fourth-order valence-corrected chi connectivity index (χ4v) is 2.24. The van der Waals surface area contributed by atoms with Gasteiger partial charge in [0, 0.05) is 31.2 Å². The largest absolute Gasteiger partial charge is 0.389 e. The van der Waals surface area contributed by atoms with Crippen molar-refractivity contribution in [1.82, 2.24) is 5.32 Å². The Balaban J connectivity index is 2.53. The summed E-state index contributed by atoms with van der Waals surface area (Å²) in [6.45, 7) is 6.23. The molecular weight excluding hydrogens is 238 g/mol. The molecule has 1 aliphatic heterocycles. The molecule has 0 aromatic rings. The summed E-state index contributed by atoms with van der Waals surface area (Å²) in [5.41, 5.74) is 0. The molecule has 0 aromatic carbocycles. The van der Waals surface area contributed by atoms with Crippen LogP contribution < -0.4 is 5.32 Å². The van der Waals surface area contributed by atoms with E-state index in [0.29, 0.717) is 18.8 Å². The molecule has 0 radical (unpaired) electrons. The molecule has 1 aliphatic rings. The highest BCUT2D eigenvalue weighted by molar-refractivity contribution is 5.78. The van der Waals surface area contributed by atoms with Crippen molar-refractivity contribution < 1.29 is 9.90 Å². The van der Waals surface area contributed by atoms with E-state index >= 15 is 0 Å². The normalized spacial score (nSPS) is 22.2. The average Bonchev–Trinajstić information content (AvgIpc) is 2.77. The van der Waals surface area contributed by atoms with Crippen molar-refractivity contribution in [3.8, 4) is 11.8 Å². The molecule has 1 rings (SSSR count). The molecular formula is C16H25NO2. The zero-order valence-electron chi connectivity index (χ0n) is 12.1. The number of aliphatic hydroxyl groups excluding tert-OH is 1. The van der Waals surface area contributed by atoms with Crippen LogP contribution in [0.15, 0.2) is 12.2 Å². The molecule has 0 aromatic heterocycles. The molecule has 1 fully saturated rings. The Morgan fingerprint density at radius 3 is 2.74 bits per heavy atom. The highest BCUT2D eigenvalue weighted by Crippen LogP contribution is 2.20. The second-order valence-corrected chi connectivity index (χ2v) is 5.41. The molecule has 3 heteroatoms. The lowest BCUT2D eigenvalue weighted by Gasteiger charge is -2.22. The fraction of sp³-hybridized carbons (Fsp3) is 0.688. The van der Waals surface area contributed by atoms with E-state index in [1.807, 2.05) is 19.1 Å². The Bertz CT molecular complexity index is 376. The van der Waals surface area contributed by atoms with E-state index in [2.05, 4.69) is 31.0 Å². The summed E-state index contributed by atoms with van der Waals surface area (Å²) in [4.78, 5) is 11.1. The van der Waals surface area contributed by atoms with Gasteiger partial charge in [0.2, 0.25) is 5.91 Å². The summed E-state index contributed by atoms with van der Waals surface area (Å²) >= 11 is 0. The number of aliphatic hydroxyl groups is 1. The van der Waals surface area contributed by atoms with Crippen LogP contribution in [0.5, 0.6) is 0 Å². The summed E-state index contributed by atoms with van der Waals surface area (Å²) in [6.07, 6.45) is 6.21. The van der Waals surface area contributed by atoms with Crippen LogP contribution in [0.25, 0.3) is 0 Å². The Labute approximate surface area is 116 Å². The number of carbonyl (C=O) groups excluding carboxylic acids is 1. The van der Waals surface area contributed by atoms with Crippen LogP contribution >= 0.6 is 0 Å². The molecule has 0 saturated carbocycles. The number of amides is 1. The zero-order chi connectivity index (χ0) is 14.3. The predicted molar refractivity (Wildman–Crippen MR) is 77.3 cm³/mol. The first-order valence-corrected chi connectivity index (χ1v) is 7.16. The van der Waals surface area contributed by atoms with Crippen LogP contribution in [0, 0.1) is 23.7 Å². The van der Waals surface area contributed by atoms with Crippen molar-refractivity contribution in [3.05, 3.63) is 12.2 Å². The highest BCUT2D eigenvalue weighted by atomic mass is 16.3. The van der Waals surface area contributed by atoms with Crippen molar-refractivity contribution in [3.63, 3.8) is 0 Å². The molecule has 106 valence electrons. The minimum atomic E-state index is -0.497. The monoisotopic (exact) mass is 263 g/mol. The lowest BCUT2D eigenvalue weighted by Crippen LogP contribution is -2.26. The Kier molecular flexibility index (Phi) is 6.66. The molecule has 0 spiro atoms. The van der Waals surface area contributed by atoms with E-state index in [4.69, 9.17) is 0 Å².